The summed E-state index contributed by atoms with van der Waals surface area (Å²) >= 11 is 0. The predicted octanol–water partition coefficient (Wildman–Crippen LogP) is 0.636. The highest BCUT2D eigenvalue weighted by Crippen LogP contribution is 1.80. The van der Waals surface area contributed by atoms with Crippen molar-refractivity contribution in [3.05, 3.63) is 12.7 Å². The maximum absolute atomic E-state index is 10.6. The van der Waals surface area contributed by atoms with Crippen LogP contribution in [-0.2, 0) is 4.79 Å². The highest BCUT2D eigenvalue weighted by molar-refractivity contribution is 5.86. The molecule has 0 bridgehead atoms. The zero-order valence-corrected chi connectivity index (χ0v) is 7.02. The van der Waals surface area contributed by atoms with Gasteiger partial charge in [-0.25, -0.2) is 0 Å². The Morgan fingerprint density at radius 3 is 2.91 bits per heavy atom. The molecule has 0 fully saturated rings. The molecule has 0 aromatic carbocycles. The third-order valence-corrected chi connectivity index (χ3v) is 1.28. The molecule has 0 atom stereocenters. The topological polar surface area (TPSA) is 41.1 Å². The molecular weight excluding hydrogens is 140 g/mol. The van der Waals surface area contributed by atoms with Crippen LogP contribution in [0.2, 0.25) is 0 Å². The third kappa shape index (κ3) is 7.06. The highest BCUT2D eigenvalue weighted by Gasteiger charge is 1.89. The van der Waals surface area contributed by atoms with Crippen LogP contribution in [-0.4, -0.2) is 19.1 Å². The van der Waals surface area contributed by atoms with Gasteiger partial charge in [0.25, 0.3) is 0 Å². The molecule has 3 nitrogen and oxygen atoms in total. The first-order chi connectivity index (χ1) is 5.31. The largest absolute Gasteiger partial charge is 0.340 e. The fourth-order valence-electron chi connectivity index (χ4n) is 0.612. The SMILES string of the molecule is C=CC(=O)NCNCCCC. The van der Waals surface area contributed by atoms with Crippen LogP contribution in [0.4, 0.5) is 0 Å². The molecule has 0 rings (SSSR count). The monoisotopic (exact) mass is 156 g/mol. The van der Waals surface area contributed by atoms with E-state index in [1.807, 2.05) is 0 Å². The zero-order valence-electron chi connectivity index (χ0n) is 7.02. The van der Waals surface area contributed by atoms with Gasteiger partial charge >= 0.3 is 0 Å². The lowest BCUT2D eigenvalue weighted by atomic mass is 10.3. The molecule has 0 heterocycles. The van der Waals surface area contributed by atoms with Gasteiger partial charge in [0.15, 0.2) is 0 Å². The molecular formula is C8H16N2O. The average molecular weight is 156 g/mol. The van der Waals surface area contributed by atoms with Crippen LogP contribution in [0.1, 0.15) is 19.8 Å². The average Bonchev–Trinajstić information content (AvgIpc) is 2.04. The Morgan fingerprint density at radius 1 is 1.64 bits per heavy atom. The van der Waals surface area contributed by atoms with E-state index in [0.29, 0.717) is 6.67 Å². The van der Waals surface area contributed by atoms with Crippen LogP contribution in [0.15, 0.2) is 12.7 Å². The molecule has 0 aliphatic rings. The van der Waals surface area contributed by atoms with E-state index in [9.17, 15) is 4.79 Å². The van der Waals surface area contributed by atoms with Crippen molar-refractivity contribution in [2.75, 3.05) is 13.2 Å². The van der Waals surface area contributed by atoms with Gasteiger partial charge < -0.3 is 5.32 Å². The maximum atomic E-state index is 10.6. The standard InChI is InChI=1S/C8H16N2O/c1-3-5-6-9-7-10-8(11)4-2/h4,9H,2-3,5-7H2,1H3,(H,10,11). The van der Waals surface area contributed by atoms with Gasteiger partial charge in [0, 0.05) is 0 Å². The van der Waals surface area contributed by atoms with E-state index >= 15 is 0 Å². The first-order valence-corrected chi connectivity index (χ1v) is 3.92. The number of hydrogen-bond donors (Lipinski definition) is 2. The lowest BCUT2D eigenvalue weighted by molar-refractivity contribution is -0.116. The van der Waals surface area contributed by atoms with Crippen molar-refractivity contribution < 1.29 is 4.79 Å². The van der Waals surface area contributed by atoms with Gasteiger partial charge in [-0.15, -0.1) is 0 Å². The number of amides is 1. The van der Waals surface area contributed by atoms with Crippen molar-refractivity contribution in [2.45, 2.75) is 19.8 Å². The smallest absolute Gasteiger partial charge is 0.244 e. The molecule has 0 aliphatic heterocycles. The summed E-state index contributed by atoms with van der Waals surface area (Å²) in [7, 11) is 0. The van der Waals surface area contributed by atoms with E-state index in [4.69, 9.17) is 0 Å². The number of nitrogens with one attached hydrogen (secondary N) is 2. The first-order valence-electron chi connectivity index (χ1n) is 3.92. The van der Waals surface area contributed by atoms with Gasteiger partial charge in [0.2, 0.25) is 5.91 Å². The summed E-state index contributed by atoms with van der Waals surface area (Å²) in [6.45, 7) is 6.95. The van der Waals surface area contributed by atoms with Crippen molar-refractivity contribution in [1.82, 2.24) is 10.6 Å². The second-order valence-corrected chi connectivity index (χ2v) is 2.28. The van der Waals surface area contributed by atoms with E-state index in [0.717, 1.165) is 13.0 Å². The fraction of sp³-hybridized carbons (Fsp3) is 0.625. The van der Waals surface area contributed by atoms with Gasteiger partial charge in [-0.3, -0.25) is 10.1 Å². The second kappa shape index (κ2) is 7.28. The van der Waals surface area contributed by atoms with Crippen LogP contribution in [0.5, 0.6) is 0 Å². The summed E-state index contributed by atoms with van der Waals surface area (Å²) in [4.78, 5) is 10.6. The Labute approximate surface area is 67.9 Å². The molecule has 0 spiro atoms. The minimum Gasteiger partial charge on any atom is -0.340 e. The van der Waals surface area contributed by atoms with Gasteiger partial charge in [-0.1, -0.05) is 19.9 Å². The summed E-state index contributed by atoms with van der Waals surface area (Å²) in [6.07, 6.45) is 3.58. The number of rotatable bonds is 6. The second-order valence-electron chi connectivity index (χ2n) is 2.28. The lowest BCUT2D eigenvalue weighted by Gasteiger charge is -2.03. The van der Waals surface area contributed by atoms with E-state index in [2.05, 4.69) is 24.1 Å². The van der Waals surface area contributed by atoms with Crippen molar-refractivity contribution >= 4 is 5.91 Å². The van der Waals surface area contributed by atoms with Crippen LogP contribution >= 0.6 is 0 Å². The van der Waals surface area contributed by atoms with E-state index < -0.39 is 0 Å². The maximum Gasteiger partial charge on any atom is 0.244 e. The molecule has 0 unspecified atom stereocenters. The van der Waals surface area contributed by atoms with Crippen LogP contribution < -0.4 is 10.6 Å². The quantitative estimate of drug-likeness (QED) is 0.336. The number of unbranched alkanes of at least 4 members (excludes halogenated alkanes) is 1. The minimum absolute atomic E-state index is 0.131. The molecule has 0 saturated carbocycles. The molecule has 3 heteroatoms. The summed E-state index contributed by atoms with van der Waals surface area (Å²) < 4.78 is 0. The third-order valence-electron chi connectivity index (χ3n) is 1.28. The highest BCUT2D eigenvalue weighted by atomic mass is 16.1. The lowest BCUT2D eigenvalue weighted by Crippen LogP contribution is -2.33. The van der Waals surface area contributed by atoms with E-state index in [1.54, 1.807) is 0 Å². The first kappa shape index (κ1) is 10.2. The molecule has 11 heavy (non-hydrogen) atoms. The van der Waals surface area contributed by atoms with Crippen molar-refractivity contribution in [1.29, 1.82) is 0 Å². The molecule has 1 amide bonds. The van der Waals surface area contributed by atoms with E-state index in [-0.39, 0.29) is 5.91 Å². The van der Waals surface area contributed by atoms with Crippen LogP contribution in [0.3, 0.4) is 0 Å². The number of carbonyl (C=O) groups is 1. The van der Waals surface area contributed by atoms with Crippen molar-refractivity contribution in [2.24, 2.45) is 0 Å². The normalized spacial score (nSPS) is 9.18. The molecule has 64 valence electrons. The molecule has 0 aromatic rings. The molecule has 0 aliphatic carbocycles. The van der Waals surface area contributed by atoms with Crippen molar-refractivity contribution in [3.63, 3.8) is 0 Å². The Kier molecular flexibility index (Phi) is 6.73. The Morgan fingerprint density at radius 2 is 2.36 bits per heavy atom. The van der Waals surface area contributed by atoms with Crippen LogP contribution in [0.25, 0.3) is 0 Å². The van der Waals surface area contributed by atoms with E-state index in [1.165, 1.54) is 12.5 Å². The number of carbonyl (C=O) groups excluding carboxylic acids is 1. The molecule has 0 radical (unpaired) electrons. The summed E-state index contributed by atoms with van der Waals surface area (Å²) in [5, 5.41) is 5.69. The molecule has 2 N–H and O–H groups in total. The Balaban J connectivity index is 3.01. The number of hydrogen-bond acceptors (Lipinski definition) is 2. The summed E-state index contributed by atoms with van der Waals surface area (Å²) in [5.74, 6) is -0.131. The summed E-state index contributed by atoms with van der Waals surface area (Å²) in [6, 6.07) is 0. The summed E-state index contributed by atoms with van der Waals surface area (Å²) in [5.41, 5.74) is 0. The molecule has 0 saturated heterocycles. The Bertz CT molecular complexity index is 123. The van der Waals surface area contributed by atoms with Crippen molar-refractivity contribution in [3.8, 4) is 0 Å². The molecule has 0 aromatic heterocycles. The fourth-order valence-corrected chi connectivity index (χ4v) is 0.612. The minimum atomic E-state index is -0.131. The van der Waals surface area contributed by atoms with Gasteiger partial charge in [-0.05, 0) is 19.0 Å². The zero-order chi connectivity index (χ0) is 8.53. The predicted molar refractivity (Wildman–Crippen MR) is 46.1 cm³/mol. The Hall–Kier alpha value is -0.830. The van der Waals surface area contributed by atoms with Gasteiger partial charge in [0.1, 0.15) is 0 Å². The van der Waals surface area contributed by atoms with Gasteiger partial charge in [-0.2, -0.15) is 0 Å². The van der Waals surface area contributed by atoms with Crippen LogP contribution in [0, 0.1) is 0 Å². The van der Waals surface area contributed by atoms with Gasteiger partial charge in [0.05, 0.1) is 6.67 Å².